The van der Waals surface area contributed by atoms with E-state index < -0.39 is 11.9 Å². The van der Waals surface area contributed by atoms with Crippen LogP contribution < -0.4 is 21.3 Å². The van der Waals surface area contributed by atoms with Crippen LogP contribution in [0.2, 0.25) is 0 Å². The third-order valence-electron chi connectivity index (χ3n) is 10.7. The molecule has 1 saturated carbocycles. The Balaban J connectivity index is 1.09. The Morgan fingerprint density at radius 2 is 1.26 bits per heavy atom. The molecule has 0 aromatic carbocycles. The maximum Gasteiger partial charge on any atom is 0.317 e. The standard InChI is InChI=1S/C38H68N4O10S2/c1-21-25(49-21)18-48-36(5,6)13-14-47-37(7,8)15-24-32(50-24)38(9,10)42-23(31-34(52-31)40-17-29(45)46)20-54-27-12-11-26(27)53-19-22(41-35(2,3)4)30-33(51-30)39-16-28(43)44/h21-27,30-34,39-42H,11-20H2,1-10H3,(H,43,44)(H,45,46). The van der Waals surface area contributed by atoms with Crippen LogP contribution in [-0.2, 0) is 38.0 Å². The molecule has 1 aliphatic carbocycles. The fourth-order valence-corrected chi connectivity index (χ4v) is 10.5. The van der Waals surface area contributed by atoms with Gasteiger partial charge in [-0.15, -0.1) is 0 Å². The molecule has 5 fully saturated rings. The molecule has 5 rings (SSSR count). The van der Waals surface area contributed by atoms with E-state index >= 15 is 0 Å². The third-order valence-corrected chi connectivity index (χ3v) is 14.0. The van der Waals surface area contributed by atoms with Gasteiger partial charge >= 0.3 is 11.9 Å². The van der Waals surface area contributed by atoms with E-state index in [1.807, 2.05) is 23.5 Å². The van der Waals surface area contributed by atoms with E-state index in [9.17, 15) is 14.7 Å². The molecule has 5 aliphatic rings. The molecule has 0 amide bonds. The van der Waals surface area contributed by atoms with E-state index in [2.05, 4.69) is 90.5 Å². The minimum absolute atomic E-state index is 0.000786. The van der Waals surface area contributed by atoms with E-state index in [-0.39, 0.29) is 96.5 Å². The highest BCUT2D eigenvalue weighted by Gasteiger charge is 2.55. The molecular weight excluding hydrogens is 737 g/mol. The van der Waals surface area contributed by atoms with Gasteiger partial charge in [-0.25, -0.2) is 0 Å². The summed E-state index contributed by atoms with van der Waals surface area (Å²) in [5.41, 5.74) is -1.10. The summed E-state index contributed by atoms with van der Waals surface area (Å²) >= 11 is 3.93. The predicted octanol–water partition coefficient (Wildman–Crippen LogP) is 3.20. The number of carbonyl (C=O) groups is 2. The van der Waals surface area contributed by atoms with E-state index in [0.29, 0.717) is 23.7 Å². The molecule has 54 heavy (non-hydrogen) atoms. The molecule has 0 aromatic rings. The number of ether oxygens (including phenoxy) is 6. The molecule has 0 radical (unpaired) electrons. The van der Waals surface area contributed by atoms with Gasteiger partial charge in [0.25, 0.3) is 0 Å². The maximum absolute atomic E-state index is 11.3. The van der Waals surface area contributed by atoms with Gasteiger partial charge in [-0.3, -0.25) is 20.2 Å². The average Bonchev–Trinajstić information content (AvgIpc) is 3.85. The fraction of sp³-hybridized carbons (Fsp3) is 0.947. The molecule has 4 heterocycles. The van der Waals surface area contributed by atoms with Gasteiger partial charge in [0.15, 0.2) is 0 Å². The van der Waals surface area contributed by atoms with Crippen LogP contribution in [0.1, 0.15) is 94.9 Å². The molecule has 312 valence electrons. The van der Waals surface area contributed by atoms with Gasteiger partial charge in [0, 0.05) is 51.6 Å². The topological polar surface area (TPSA) is 191 Å². The van der Waals surface area contributed by atoms with Crippen molar-refractivity contribution in [2.45, 2.75) is 189 Å². The molecule has 0 bridgehead atoms. The van der Waals surface area contributed by atoms with Crippen molar-refractivity contribution in [3.63, 3.8) is 0 Å². The highest BCUT2D eigenvalue weighted by atomic mass is 32.2. The quantitative estimate of drug-likeness (QED) is 0.0664. The summed E-state index contributed by atoms with van der Waals surface area (Å²) < 4.78 is 36.1. The average molecular weight is 805 g/mol. The van der Waals surface area contributed by atoms with E-state index in [4.69, 9.17) is 33.5 Å². The number of nitrogens with one attached hydrogen (secondary N) is 4. The zero-order chi connectivity index (χ0) is 39.6. The largest absolute Gasteiger partial charge is 0.480 e. The zero-order valence-corrected chi connectivity index (χ0v) is 35.6. The summed E-state index contributed by atoms with van der Waals surface area (Å²) in [7, 11) is 0. The number of hydrogen-bond donors (Lipinski definition) is 6. The van der Waals surface area contributed by atoms with Gasteiger partial charge in [0.05, 0.1) is 49.7 Å². The summed E-state index contributed by atoms with van der Waals surface area (Å²) in [5, 5.41) is 32.9. The number of carboxylic acids is 2. The van der Waals surface area contributed by atoms with Gasteiger partial charge in [-0.1, -0.05) is 0 Å². The smallest absolute Gasteiger partial charge is 0.317 e. The lowest BCUT2D eigenvalue weighted by atomic mass is 9.91. The van der Waals surface area contributed by atoms with Gasteiger partial charge in [-0.05, 0) is 88.5 Å². The number of hydrogen-bond acceptors (Lipinski definition) is 14. The first-order valence-electron chi connectivity index (χ1n) is 19.7. The minimum Gasteiger partial charge on any atom is -0.480 e. The summed E-state index contributed by atoms with van der Waals surface area (Å²) in [5.74, 6) is -0.101. The third kappa shape index (κ3) is 14.3. The fourth-order valence-electron chi connectivity index (χ4n) is 7.23. The molecule has 4 aliphatic heterocycles. The molecule has 12 unspecified atom stereocenters. The van der Waals surface area contributed by atoms with Crippen LogP contribution in [0.4, 0.5) is 0 Å². The van der Waals surface area contributed by atoms with Crippen LogP contribution in [0.5, 0.6) is 0 Å². The van der Waals surface area contributed by atoms with Gasteiger partial charge < -0.3 is 49.3 Å². The van der Waals surface area contributed by atoms with Crippen LogP contribution >= 0.6 is 23.5 Å². The van der Waals surface area contributed by atoms with Crippen molar-refractivity contribution in [1.82, 2.24) is 21.3 Å². The van der Waals surface area contributed by atoms with Crippen LogP contribution in [0.15, 0.2) is 0 Å². The highest BCUT2D eigenvalue weighted by molar-refractivity contribution is 8.04. The Morgan fingerprint density at radius 1 is 0.741 bits per heavy atom. The normalized spacial score (nSPS) is 33.1. The lowest BCUT2D eigenvalue weighted by molar-refractivity contribution is -0.137. The summed E-state index contributed by atoms with van der Waals surface area (Å²) in [4.78, 5) is 22.3. The highest BCUT2D eigenvalue weighted by Crippen LogP contribution is 2.44. The van der Waals surface area contributed by atoms with E-state index in [1.54, 1.807) is 0 Å². The predicted molar refractivity (Wildman–Crippen MR) is 210 cm³/mol. The molecule has 0 spiro atoms. The number of carboxylic acid groups (broad SMARTS) is 2. The lowest BCUT2D eigenvalue weighted by Crippen LogP contribution is -2.54. The van der Waals surface area contributed by atoms with Gasteiger partial charge in [0.2, 0.25) is 0 Å². The van der Waals surface area contributed by atoms with Crippen molar-refractivity contribution < 1.29 is 48.2 Å². The number of thioether (sulfide) groups is 2. The van der Waals surface area contributed by atoms with Crippen molar-refractivity contribution in [1.29, 1.82) is 0 Å². The second kappa shape index (κ2) is 18.0. The second-order valence-electron chi connectivity index (χ2n) is 18.5. The van der Waals surface area contributed by atoms with Crippen molar-refractivity contribution in [2.24, 2.45) is 0 Å². The van der Waals surface area contributed by atoms with Crippen molar-refractivity contribution in [3.05, 3.63) is 0 Å². The molecule has 12 atom stereocenters. The lowest BCUT2D eigenvalue weighted by Gasteiger charge is -2.38. The van der Waals surface area contributed by atoms with Crippen molar-refractivity contribution in [2.75, 3.05) is 37.8 Å². The van der Waals surface area contributed by atoms with Crippen LogP contribution in [-0.4, -0.2) is 154 Å². The minimum atomic E-state index is -0.907. The Kier molecular flexibility index (Phi) is 14.8. The first-order valence-corrected chi connectivity index (χ1v) is 21.8. The van der Waals surface area contributed by atoms with Gasteiger partial charge in [0.1, 0.15) is 36.9 Å². The van der Waals surface area contributed by atoms with Crippen molar-refractivity contribution >= 4 is 35.5 Å². The first kappa shape index (κ1) is 44.3. The Labute approximate surface area is 330 Å². The van der Waals surface area contributed by atoms with Crippen LogP contribution in [0, 0.1) is 0 Å². The zero-order valence-electron chi connectivity index (χ0n) is 34.0. The molecule has 4 saturated heterocycles. The monoisotopic (exact) mass is 804 g/mol. The Bertz CT molecular complexity index is 1270. The van der Waals surface area contributed by atoms with Crippen LogP contribution in [0.3, 0.4) is 0 Å². The molecule has 6 N–H and O–H groups in total. The summed E-state index contributed by atoms with van der Waals surface area (Å²) in [6, 6.07) is 0.0991. The Hall–Kier alpha value is -0.760. The maximum atomic E-state index is 11.3. The number of epoxide rings is 4. The summed E-state index contributed by atoms with van der Waals surface area (Å²) in [6.45, 7) is 22.2. The Morgan fingerprint density at radius 3 is 1.72 bits per heavy atom. The van der Waals surface area contributed by atoms with Crippen LogP contribution in [0.25, 0.3) is 0 Å². The number of aliphatic carboxylic acids is 2. The molecule has 14 nitrogen and oxygen atoms in total. The SMILES string of the molecule is CC1OC1COC(C)(C)CCOC(C)(C)CC1OC1C(C)(C)NC(CSC1CCC1SCC(NC(C)(C)C)C1OC1NCC(=O)O)C1OC1NCC(=O)O. The molecule has 0 aromatic heterocycles. The van der Waals surface area contributed by atoms with E-state index in [1.165, 1.54) is 0 Å². The van der Waals surface area contributed by atoms with Gasteiger partial charge in [-0.2, -0.15) is 23.5 Å². The van der Waals surface area contributed by atoms with E-state index in [0.717, 1.165) is 37.2 Å². The first-order chi connectivity index (χ1) is 25.1. The second-order valence-corrected chi connectivity index (χ2v) is 21.0. The number of rotatable bonds is 27. The molecule has 16 heteroatoms. The molecular formula is C38H68N4O10S2. The summed E-state index contributed by atoms with van der Waals surface area (Å²) in [6.07, 6.45) is 3.68. The van der Waals surface area contributed by atoms with Crippen molar-refractivity contribution in [3.8, 4) is 0 Å².